The maximum atomic E-state index is 12.2. The quantitative estimate of drug-likeness (QED) is 0.613. The fraction of sp³-hybridized carbons (Fsp3) is 0.357. The van der Waals surface area contributed by atoms with Crippen LogP contribution in [0.2, 0.25) is 0 Å². The van der Waals surface area contributed by atoms with Crippen molar-refractivity contribution in [3.8, 4) is 0 Å². The molecular weight excluding hydrogens is 264 g/mol. The molecule has 19 heavy (non-hydrogen) atoms. The van der Waals surface area contributed by atoms with Crippen LogP contribution in [0, 0.1) is 12.8 Å². The van der Waals surface area contributed by atoms with Crippen LogP contribution in [-0.2, 0) is 19.4 Å². The Hall–Kier alpha value is -1.62. The second kappa shape index (κ2) is 6.02. The highest BCUT2D eigenvalue weighted by Gasteiger charge is 2.28. The Bertz CT molecular complexity index is 570. The lowest BCUT2D eigenvalue weighted by atomic mass is 10.1. The van der Waals surface area contributed by atoms with Gasteiger partial charge in [0, 0.05) is 0 Å². The smallest absolute Gasteiger partial charge is 0.313 e. The molecule has 0 aliphatic heterocycles. The van der Waals surface area contributed by atoms with Gasteiger partial charge in [-0.25, -0.2) is 8.42 Å². The maximum absolute atomic E-state index is 12.2. The van der Waals surface area contributed by atoms with E-state index in [0.29, 0.717) is 5.57 Å². The molecule has 104 valence electrons. The Kier molecular flexibility index (Phi) is 4.89. The zero-order valence-corrected chi connectivity index (χ0v) is 12.2. The summed E-state index contributed by atoms with van der Waals surface area (Å²) in [6.07, 6.45) is 0. The maximum Gasteiger partial charge on any atom is 0.313 e. The number of esters is 1. The van der Waals surface area contributed by atoms with Crippen LogP contribution in [0.1, 0.15) is 12.5 Å². The number of methoxy groups -OCH3 is 1. The van der Waals surface area contributed by atoms with E-state index < -0.39 is 21.7 Å². The number of benzene rings is 1. The van der Waals surface area contributed by atoms with E-state index >= 15 is 0 Å². The molecule has 0 aromatic heterocycles. The molecule has 0 spiro atoms. The Morgan fingerprint density at radius 3 is 2.26 bits per heavy atom. The first kappa shape index (κ1) is 15.4. The van der Waals surface area contributed by atoms with Gasteiger partial charge in [-0.2, -0.15) is 0 Å². The van der Waals surface area contributed by atoms with Crippen LogP contribution in [0.25, 0.3) is 0 Å². The third kappa shape index (κ3) is 3.92. The minimum absolute atomic E-state index is 0.202. The molecule has 1 aromatic rings. The third-order valence-corrected chi connectivity index (χ3v) is 4.61. The van der Waals surface area contributed by atoms with Crippen LogP contribution in [0.3, 0.4) is 0 Å². The molecule has 0 radical (unpaired) electrons. The van der Waals surface area contributed by atoms with Gasteiger partial charge in [-0.3, -0.25) is 4.79 Å². The number of carbonyl (C=O) groups is 1. The van der Waals surface area contributed by atoms with Gasteiger partial charge >= 0.3 is 5.97 Å². The van der Waals surface area contributed by atoms with Gasteiger partial charge in [0.05, 0.1) is 23.7 Å². The summed E-state index contributed by atoms with van der Waals surface area (Å²) in [7, 11) is -2.31. The van der Waals surface area contributed by atoms with Gasteiger partial charge in [0.2, 0.25) is 0 Å². The van der Waals surface area contributed by atoms with Crippen molar-refractivity contribution in [2.45, 2.75) is 18.7 Å². The number of hydrogen-bond donors (Lipinski definition) is 0. The van der Waals surface area contributed by atoms with Crippen LogP contribution in [0.15, 0.2) is 41.3 Å². The van der Waals surface area contributed by atoms with E-state index in [4.69, 9.17) is 0 Å². The zero-order chi connectivity index (χ0) is 14.6. The number of sulfone groups is 1. The normalized spacial score (nSPS) is 12.8. The van der Waals surface area contributed by atoms with E-state index in [1.54, 1.807) is 19.1 Å². The predicted molar refractivity (Wildman–Crippen MR) is 73.6 cm³/mol. The first-order chi connectivity index (χ1) is 8.77. The summed E-state index contributed by atoms with van der Waals surface area (Å²) in [5.41, 5.74) is 1.45. The monoisotopic (exact) mass is 282 g/mol. The molecule has 5 heteroatoms. The minimum atomic E-state index is -3.54. The van der Waals surface area contributed by atoms with Crippen LogP contribution >= 0.6 is 0 Å². The van der Waals surface area contributed by atoms with Crippen LogP contribution in [0.4, 0.5) is 0 Å². The largest absolute Gasteiger partial charge is 0.469 e. The average molecular weight is 282 g/mol. The van der Waals surface area contributed by atoms with E-state index in [9.17, 15) is 13.2 Å². The van der Waals surface area contributed by atoms with Gasteiger partial charge in [-0.15, -0.1) is 0 Å². The van der Waals surface area contributed by atoms with Crippen LogP contribution in [0.5, 0.6) is 0 Å². The van der Waals surface area contributed by atoms with E-state index in [-0.39, 0.29) is 10.6 Å². The molecule has 0 amide bonds. The number of aryl methyl sites for hydroxylation is 1. The summed E-state index contributed by atoms with van der Waals surface area (Å²) in [4.78, 5) is 11.8. The lowest BCUT2D eigenvalue weighted by Gasteiger charge is -2.14. The van der Waals surface area contributed by atoms with Crippen molar-refractivity contribution in [3.05, 3.63) is 42.0 Å². The highest BCUT2D eigenvalue weighted by Crippen LogP contribution is 2.19. The van der Waals surface area contributed by atoms with Crippen molar-refractivity contribution in [2.24, 2.45) is 5.92 Å². The molecule has 0 unspecified atom stereocenters. The SMILES string of the molecule is C=C(C)[C@H](CS(=O)(=O)c1ccc(C)cc1)C(=O)OC. The Morgan fingerprint density at radius 2 is 1.84 bits per heavy atom. The van der Waals surface area contributed by atoms with Gasteiger partial charge < -0.3 is 4.74 Å². The number of carbonyl (C=O) groups excluding carboxylic acids is 1. The first-order valence-electron chi connectivity index (χ1n) is 5.80. The average Bonchev–Trinajstić information content (AvgIpc) is 2.35. The summed E-state index contributed by atoms with van der Waals surface area (Å²) in [6, 6.07) is 6.52. The number of rotatable bonds is 5. The van der Waals surface area contributed by atoms with E-state index in [1.165, 1.54) is 19.2 Å². The molecule has 1 aromatic carbocycles. The highest BCUT2D eigenvalue weighted by atomic mass is 32.2. The molecule has 0 aliphatic rings. The van der Waals surface area contributed by atoms with Gasteiger partial charge in [0.1, 0.15) is 0 Å². The topological polar surface area (TPSA) is 60.4 Å². The Balaban J connectivity index is 3.04. The fourth-order valence-corrected chi connectivity index (χ4v) is 3.22. The van der Waals surface area contributed by atoms with Crippen molar-refractivity contribution in [3.63, 3.8) is 0 Å². The van der Waals surface area contributed by atoms with E-state index in [2.05, 4.69) is 11.3 Å². The fourth-order valence-electron chi connectivity index (χ4n) is 1.61. The second-order valence-electron chi connectivity index (χ2n) is 4.52. The molecule has 0 N–H and O–H groups in total. The van der Waals surface area contributed by atoms with Crippen molar-refractivity contribution < 1.29 is 17.9 Å². The Morgan fingerprint density at radius 1 is 1.32 bits per heavy atom. The Labute approximate surface area is 114 Å². The standard InChI is InChI=1S/C14H18O4S/c1-10(2)13(14(15)18-4)9-19(16,17)12-7-5-11(3)6-8-12/h5-8,13H,1,9H2,2-4H3/t13-/m0/s1. The molecule has 4 nitrogen and oxygen atoms in total. The minimum Gasteiger partial charge on any atom is -0.469 e. The van der Waals surface area contributed by atoms with Gasteiger partial charge in [0.15, 0.2) is 9.84 Å². The molecule has 0 aliphatic carbocycles. The van der Waals surface area contributed by atoms with Crippen molar-refractivity contribution >= 4 is 15.8 Å². The number of hydrogen-bond acceptors (Lipinski definition) is 4. The van der Waals surface area contributed by atoms with Crippen molar-refractivity contribution in [1.29, 1.82) is 0 Å². The van der Waals surface area contributed by atoms with Crippen LogP contribution in [-0.4, -0.2) is 27.2 Å². The van der Waals surface area contributed by atoms with Gasteiger partial charge in [-0.1, -0.05) is 29.8 Å². The summed E-state index contributed by atoms with van der Waals surface area (Å²) < 4.78 is 29.1. The predicted octanol–water partition coefficient (Wildman–Crippen LogP) is 2.13. The van der Waals surface area contributed by atoms with Gasteiger partial charge in [0.25, 0.3) is 0 Å². The number of ether oxygens (including phenoxy) is 1. The van der Waals surface area contributed by atoms with E-state index in [1.807, 2.05) is 6.92 Å². The van der Waals surface area contributed by atoms with E-state index in [0.717, 1.165) is 5.56 Å². The molecule has 1 rings (SSSR count). The molecular formula is C14H18O4S. The lowest BCUT2D eigenvalue weighted by Crippen LogP contribution is -2.26. The molecule has 1 atom stereocenters. The molecule has 0 fully saturated rings. The van der Waals surface area contributed by atoms with Crippen molar-refractivity contribution in [2.75, 3.05) is 12.9 Å². The summed E-state index contributed by atoms with van der Waals surface area (Å²) in [5, 5.41) is 0. The second-order valence-corrected chi connectivity index (χ2v) is 6.55. The first-order valence-corrected chi connectivity index (χ1v) is 7.46. The third-order valence-electron chi connectivity index (χ3n) is 2.85. The summed E-state index contributed by atoms with van der Waals surface area (Å²) in [5.74, 6) is -1.74. The molecule has 0 bridgehead atoms. The zero-order valence-electron chi connectivity index (χ0n) is 11.3. The summed E-state index contributed by atoms with van der Waals surface area (Å²) >= 11 is 0. The summed E-state index contributed by atoms with van der Waals surface area (Å²) in [6.45, 7) is 7.15. The molecule has 0 saturated heterocycles. The molecule has 0 heterocycles. The van der Waals surface area contributed by atoms with Crippen molar-refractivity contribution in [1.82, 2.24) is 0 Å². The van der Waals surface area contributed by atoms with Gasteiger partial charge in [-0.05, 0) is 26.0 Å². The lowest BCUT2D eigenvalue weighted by molar-refractivity contribution is -0.143. The highest BCUT2D eigenvalue weighted by molar-refractivity contribution is 7.91. The molecule has 0 saturated carbocycles. The van der Waals surface area contributed by atoms with Crippen LogP contribution < -0.4 is 0 Å².